The Morgan fingerprint density at radius 2 is 2.40 bits per heavy atom. The fourth-order valence-electron chi connectivity index (χ4n) is 1.03. The van der Waals surface area contributed by atoms with Crippen molar-refractivity contribution in [2.45, 2.75) is 13.3 Å². The fraction of sp³-hybridized carbons (Fsp3) is 0.273. The Labute approximate surface area is 88.2 Å². The number of hydrogen-bond acceptors (Lipinski definition) is 3. The minimum Gasteiger partial charge on any atom is -0.481 e. The van der Waals surface area contributed by atoms with Gasteiger partial charge in [0.2, 0.25) is 0 Å². The van der Waals surface area contributed by atoms with Gasteiger partial charge in [0.15, 0.2) is 0 Å². The summed E-state index contributed by atoms with van der Waals surface area (Å²) in [4.78, 5) is 14.9. The van der Waals surface area contributed by atoms with Crippen molar-refractivity contribution in [3.63, 3.8) is 0 Å². The van der Waals surface area contributed by atoms with Crippen molar-refractivity contribution >= 4 is 12.2 Å². The van der Waals surface area contributed by atoms with E-state index in [1.54, 1.807) is 6.21 Å². The van der Waals surface area contributed by atoms with Crippen LogP contribution in [0.2, 0.25) is 0 Å². The van der Waals surface area contributed by atoms with Gasteiger partial charge in [0.25, 0.3) is 0 Å². The topological polar surface area (TPSA) is 58.9 Å². The maximum atomic E-state index is 10.1. The zero-order valence-corrected chi connectivity index (χ0v) is 8.51. The van der Waals surface area contributed by atoms with Crippen molar-refractivity contribution in [3.05, 3.63) is 35.4 Å². The molecule has 4 nitrogen and oxygen atoms in total. The van der Waals surface area contributed by atoms with E-state index >= 15 is 0 Å². The van der Waals surface area contributed by atoms with Crippen LogP contribution in [0.25, 0.3) is 0 Å². The molecule has 0 unspecified atom stereocenters. The number of carboxylic acids is 1. The summed E-state index contributed by atoms with van der Waals surface area (Å²) >= 11 is 0. The number of aliphatic carboxylic acids is 1. The van der Waals surface area contributed by atoms with Crippen molar-refractivity contribution in [2.24, 2.45) is 5.16 Å². The van der Waals surface area contributed by atoms with Crippen LogP contribution in [0.3, 0.4) is 0 Å². The van der Waals surface area contributed by atoms with Crippen molar-refractivity contribution in [3.8, 4) is 0 Å². The molecule has 0 aliphatic heterocycles. The first-order chi connectivity index (χ1) is 7.18. The van der Waals surface area contributed by atoms with Gasteiger partial charge in [-0.2, -0.15) is 0 Å². The van der Waals surface area contributed by atoms with Gasteiger partial charge >= 0.3 is 5.97 Å². The summed E-state index contributed by atoms with van der Waals surface area (Å²) in [6.07, 6.45) is 1.53. The van der Waals surface area contributed by atoms with Gasteiger partial charge in [-0.25, -0.2) is 0 Å². The van der Waals surface area contributed by atoms with Crippen molar-refractivity contribution < 1.29 is 14.7 Å². The number of nitrogens with zero attached hydrogens (tertiary/aromatic N) is 1. The number of benzene rings is 1. The maximum absolute atomic E-state index is 10.1. The molecule has 0 saturated carbocycles. The van der Waals surface area contributed by atoms with Gasteiger partial charge in [0.05, 0.1) is 12.6 Å². The second kappa shape index (κ2) is 5.80. The van der Waals surface area contributed by atoms with Gasteiger partial charge in [0.1, 0.15) is 6.61 Å². The van der Waals surface area contributed by atoms with Crippen molar-refractivity contribution in [1.29, 1.82) is 0 Å². The molecule has 15 heavy (non-hydrogen) atoms. The lowest BCUT2D eigenvalue weighted by Gasteiger charge is -1.96. The largest absolute Gasteiger partial charge is 0.481 e. The summed E-state index contributed by atoms with van der Waals surface area (Å²) in [5, 5.41) is 12.0. The first-order valence-corrected chi connectivity index (χ1v) is 4.62. The Bertz CT molecular complexity index is 361. The van der Waals surface area contributed by atoms with Crippen LogP contribution >= 0.6 is 0 Å². The van der Waals surface area contributed by atoms with Crippen LogP contribution in [-0.4, -0.2) is 23.9 Å². The Balaban J connectivity index is 2.35. The van der Waals surface area contributed by atoms with Gasteiger partial charge in [-0.1, -0.05) is 35.0 Å². The average Bonchev–Trinajstić information content (AvgIpc) is 2.17. The molecule has 1 N–H and O–H groups in total. The van der Waals surface area contributed by atoms with Gasteiger partial charge in [-0.05, 0) is 12.5 Å². The Hall–Kier alpha value is -1.84. The lowest BCUT2D eigenvalue weighted by molar-refractivity contribution is -0.138. The molecular formula is C11H13NO3. The van der Waals surface area contributed by atoms with Crippen molar-refractivity contribution in [2.75, 3.05) is 6.61 Å². The summed E-state index contributed by atoms with van der Waals surface area (Å²) in [6.45, 7) is 2.08. The predicted octanol–water partition coefficient (Wildman–Crippen LogP) is 1.82. The number of hydrogen-bond donors (Lipinski definition) is 1. The first-order valence-electron chi connectivity index (χ1n) is 4.62. The van der Waals surface area contributed by atoms with E-state index in [0.717, 1.165) is 11.1 Å². The van der Waals surface area contributed by atoms with Crippen LogP contribution in [-0.2, 0) is 9.63 Å². The summed E-state index contributed by atoms with van der Waals surface area (Å²) < 4.78 is 0. The van der Waals surface area contributed by atoms with Crippen LogP contribution in [0.4, 0.5) is 0 Å². The molecule has 0 fully saturated rings. The van der Waals surface area contributed by atoms with Crippen LogP contribution < -0.4 is 0 Å². The van der Waals surface area contributed by atoms with E-state index in [1.165, 1.54) is 0 Å². The number of aryl methyl sites for hydroxylation is 1. The summed E-state index contributed by atoms with van der Waals surface area (Å²) in [7, 11) is 0. The van der Waals surface area contributed by atoms with Gasteiger partial charge in [-0.3, -0.25) is 4.79 Å². The number of carbonyl (C=O) groups is 1. The van der Waals surface area contributed by atoms with E-state index < -0.39 is 5.97 Å². The molecule has 1 aromatic rings. The van der Waals surface area contributed by atoms with Gasteiger partial charge in [-0.15, -0.1) is 0 Å². The van der Waals surface area contributed by atoms with E-state index in [1.807, 2.05) is 31.2 Å². The lowest BCUT2D eigenvalue weighted by atomic mass is 10.2. The van der Waals surface area contributed by atoms with Crippen LogP contribution in [0.15, 0.2) is 29.4 Å². The number of carboxylic acid groups (broad SMARTS) is 1. The maximum Gasteiger partial charge on any atom is 0.306 e. The standard InChI is InChI=1S/C11H13NO3/c1-9-3-2-4-10(7-9)8-12-15-6-5-11(13)14/h2-4,7-8H,5-6H2,1H3,(H,13,14)/b12-8+. The second-order valence-electron chi connectivity index (χ2n) is 3.13. The highest BCUT2D eigenvalue weighted by atomic mass is 16.6. The monoisotopic (exact) mass is 207 g/mol. The Morgan fingerprint density at radius 1 is 1.60 bits per heavy atom. The van der Waals surface area contributed by atoms with Crippen LogP contribution in [0, 0.1) is 6.92 Å². The van der Waals surface area contributed by atoms with Crippen molar-refractivity contribution in [1.82, 2.24) is 0 Å². The van der Waals surface area contributed by atoms with Gasteiger partial charge < -0.3 is 9.94 Å². The predicted molar refractivity (Wildman–Crippen MR) is 57.0 cm³/mol. The highest BCUT2D eigenvalue weighted by molar-refractivity contribution is 5.79. The molecule has 0 radical (unpaired) electrons. The second-order valence-corrected chi connectivity index (χ2v) is 3.13. The molecule has 0 bridgehead atoms. The van der Waals surface area contributed by atoms with E-state index in [-0.39, 0.29) is 13.0 Å². The fourth-order valence-corrected chi connectivity index (χ4v) is 1.03. The smallest absolute Gasteiger partial charge is 0.306 e. The minimum absolute atomic E-state index is 0.0366. The third-order valence-corrected chi connectivity index (χ3v) is 1.73. The molecule has 0 heterocycles. The molecule has 4 heteroatoms. The molecule has 1 aromatic carbocycles. The zero-order chi connectivity index (χ0) is 11.1. The van der Waals surface area contributed by atoms with E-state index in [9.17, 15) is 4.79 Å². The minimum atomic E-state index is -0.888. The first kappa shape index (κ1) is 11.2. The third kappa shape index (κ3) is 4.81. The van der Waals surface area contributed by atoms with Crippen LogP contribution in [0.1, 0.15) is 17.5 Å². The summed E-state index contributed by atoms with van der Waals surface area (Å²) in [5.41, 5.74) is 2.08. The van der Waals surface area contributed by atoms with E-state index in [0.29, 0.717) is 0 Å². The highest BCUT2D eigenvalue weighted by Crippen LogP contribution is 2.00. The number of oxime groups is 1. The highest BCUT2D eigenvalue weighted by Gasteiger charge is 1.94. The molecule has 0 aromatic heterocycles. The molecular weight excluding hydrogens is 194 g/mol. The Morgan fingerprint density at radius 3 is 3.07 bits per heavy atom. The molecule has 0 atom stereocenters. The number of rotatable bonds is 5. The molecule has 0 amide bonds. The zero-order valence-electron chi connectivity index (χ0n) is 8.51. The summed E-state index contributed by atoms with van der Waals surface area (Å²) in [5.74, 6) is -0.888. The normalized spacial score (nSPS) is 10.5. The molecule has 1 rings (SSSR count). The quantitative estimate of drug-likeness (QED) is 0.455. The Kier molecular flexibility index (Phi) is 4.34. The van der Waals surface area contributed by atoms with Gasteiger partial charge in [0, 0.05) is 0 Å². The summed E-state index contributed by atoms with van der Waals surface area (Å²) in [6, 6.07) is 7.78. The van der Waals surface area contributed by atoms with E-state index in [2.05, 4.69) is 5.16 Å². The molecule has 0 aliphatic rings. The molecule has 0 aliphatic carbocycles. The molecule has 0 saturated heterocycles. The van der Waals surface area contributed by atoms with E-state index in [4.69, 9.17) is 9.94 Å². The van der Waals surface area contributed by atoms with Crippen LogP contribution in [0.5, 0.6) is 0 Å². The molecule has 0 spiro atoms. The third-order valence-electron chi connectivity index (χ3n) is 1.73. The SMILES string of the molecule is Cc1cccc(/C=N/OCCC(=O)O)c1. The lowest BCUT2D eigenvalue weighted by Crippen LogP contribution is -1.99. The average molecular weight is 207 g/mol. The molecule has 80 valence electrons.